The SMILES string of the molecule is Cc1ccc2c(c1)C(N1CCN(S(=O)(=O)c3ccccc3C)C(C)C1)=Nc1ccccc1O2. The molecule has 7 heteroatoms. The number of aliphatic imine (C=N–C) groups is 1. The van der Waals surface area contributed by atoms with Crippen LogP contribution in [0.1, 0.15) is 23.6 Å². The second-order valence-corrected chi connectivity index (χ2v) is 10.5. The zero-order valence-corrected chi connectivity index (χ0v) is 19.8. The maximum atomic E-state index is 13.4. The highest BCUT2D eigenvalue weighted by molar-refractivity contribution is 7.89. The average molecular weight is 462 g/mol. The van der Waals surface area contributed by atoms with Crippen molar-refractivity contribution in [1.29, 1.82) is 0 Å². The first-order valence-corrected chi connectivity index (χ1v) is 12.6. The summed E-state index contributed by atoms with van der Waals surface area (Å²) in [5, 5.41) is 0. The van der Waals surface area contributed by atoms with E-state index in [0.717, 1.165) is 34.0 Å². The largest absolute Gasteiger partial charge is 0.454 e. The molecule has 0 saturated carbocycles. The quantitative estimate of drug-likeness (QED) is 0.546. The fourth-order valence-corrected chi connectivity index (χ4v) is 6.38. The fraction of sp³-hybridized carbons (Fsp3) is 0.269. The van der Waals surface area contributed by atoms with Crippen LogP contribution in [0, 0.1) is 13.8 Å². The number of piperazine rings is 1. The lowest BCUT2D eigenvalue weighted by molar-refractivity contribution is 0.205. The highest BCUT2D eigenvalue weighted by atomic mass is 32.2. The van der Waals surface area contributed by atoms with Crippen molar-refractivity contribution < 1.29 is 13.2 Å². The van der Waals surface area contributed by atoms with Crippen LogP contribution in [0.2, 0.25) is 0 Å². The number of sulfonamides is 1. The van der Waals surface area contributed by atoms with E-state index in [0.29, 0.717) is 30.3 Å². The van der Waals surface area contributed by atoms with Gasteiger partial charge in [0.15, 0.2) is 5.75 Å². The first-order chi connectivity index (χ1) is 15.8. The summed E-state index contributed by atoms with van der Waals surface area (Å²) in [6.07, 6.45) is 0. The highest BCUT2D eigenvalue weighted by Crippen LogP contribution is 2.38. The van der Waals surface area contributed by atoms with E-state index in [-0.39, 0.29) is 6.04 Å². The Balaban J connectivity index is 1.50. The summed E-state index contributed by atoms with van der Waals surface area (Å²) in [5.74, 6) is 2.29. The summed E-state index contributed by atoms with van der Waals surface area (Å²) in [6, 6.07) is 20.8. The summed E-state index contributed by atoms with van der Waals surface area (Å²) < 4.78 is 34.7. The molecule has 2 aliphatic rings. The van der Waals surface area contributed by atoms with Gasteiger partial charge >= 0.3 is 0 Å². The molecule has 0 amide bonds. The molecular weight excluding hydrogens is 434 g/mol. The normalized spacial score (nSPS) is 18.6. The third kappa shape index (κ3) is 3.92. The molecule has 1 unspecified atom stereocenters. The lowest BCUT2D eigenvalue weighted by Crippen LogP contribution is -2.55. The standard InChI is InChI=1S/C26H27N3O3S/c1-18-12-13-23-21(16-18)26(27-22-9-5-6-10-24(22)32-23)28-14-15-29(20(3)17-28)33(30,31)25-11-7-4-8-19(25)2/h4-13,16,20H,14-15,17H2,1-3H3. The Morgan fingerprint density at radius 3 is 2.48 bits per heavy atom. The highest BCUT2D eigenvalue weighted by Gasteiger charge is 2.36. The predicted octanol–water partition coefficient (Wildman–Crippen LogP) is 4.88. The lowest BCUT2D eigenvalue weighted by Gasteiger charge is -2.40. The van der Waals surface area contributed by atoms with Gasteiger partial charge in [-0.3, -0.25) is 0 Å². The summed E-state index contributed by atoms with van der Waals surface area (Å²) in [6.45, 7) is 7.32. The fourth-order valence-electron chi connectivity index (χ4n) is 4.54. The van der Waals surface area contributed by atoms with Gasteiger partial charge in [0.25, 0.3) is 0 Å². The summed E-state index contributed by atoms with van der Waals surface area (Å²) in [4.78, 5) is 7.54. The molecule has 170 valence electrons. The van der Waals surface area contributed by atoms with Gasteiger partial charge < -0.3 is 9.64 Å². The van der Waals surface area contributed by atoms with E-state index in [9.17, 15) is 8.42 Å². The van der Waals surface area contributed by atoms with Crippen LogP contribution in [0.3, 0.4) is 0 Å². The molecule has 1 saturated heterocycles. The molecule has 2 aliphatic heterocycles. The van der Waals surface area contributed by atoms with Crippen molar-refractivity contribution in [2.45, 2.75) is 31.7 Å². The van der Waals surface area contributed by atoms with Crippen LogP contribution >= 0.6 is 0 Å². The molecule has 1 fully saturated rings. The van der Waals surface area contributed by atoms with Crippen LogP contribution < -0.4 is 4.74 Å². The van der Waals surface area contributed by atoms with Gasteiger partial charge in [-0.05, 0) is 56.7 Å². The number of hydrogen-bond donors (Lipinski definition) is 0. The maximum Gasteiger partial charge on any atom is 0.243 e. The van der Waals surface area contributed by atoms with Gasteiger partial charge in [0, 0.05) is 25.7 Å². The third-order valence-corrected chi connectivity index (χ3v) is 8.41. The summed E-state index contributed by atoms with van der Waals surface area (Å²) >= 11 is 0. The van der Waals surface area contributed by atoms with Crippen LogP contribution in [-0.2, 0) is 10.0 Å². The number of hydrogen-bond acceptors (Lipinski definition) is 5. The van der Waals surface area contributed by atoms with E-state index in [1.165, 1.54) is 0 Å². The molecule has 0 aliphatic carbocycles. The van der Waals surface area contributed by atoms with Gasteiger partial charge in [0.05, 0.1) is 10.5 Å². The van der Waals surface area contributed by atoms with E-state index in [1.807, 2.05) is 69.3 Å². The Kier molecular flexibility index (Phi) is 5.46. The van der Waals surface area contributed by atoms with Crippen LogP contribution in [0.25, 0.3) is 0 Å². The molecule has 0 radical (unpaired) electrons. The molecule has 1 atom stereocenters. The average Bonchev–Trinajstić information content (AvgIpc) is 2.95. The minimum absolute atomic E-state index is 0.210. The Morgan fingerprint density at radius 1 is 0.939 bits per heavy atom. The number of nitrogens with zero attached hydrogens (tertiary/aromatic N) is 3. The van der Waals surface area contributed by atoms with E-state index in [1.54, 1.807) is 16.4 Å². The Hall–Kier alpha value is -3.16. The van der Waals surface area contributed by atoms with Crippen LogP contribution in [0.4, 0.5) is 5.69 Å². The van der Waals surface area contributed by atoms with Gasteiger partial charge in [-0.25, -0.2) is 13.4 Å². The van der Waals surface area contributed by atoms with Crippen molar-refractivity contribution in [3.05, 3.63) is 83.4 Å². The van der Waals surface area contributed by atoms with Gasteiger partial charge in [-0.15, -0.1) is 0 Å². The Morgan fingerprint density at radius 2 is 1.70 bits per heavy atom. The Labute approximate surface area is 195 Å². The number of ether oxygens (including phenoxy) is 1. The molecule has 0 N–H and O–H groups in total. The molecule has 5 rings (SSSR count). The molecule has 2 heterocycles. The zero-order chi connectivity index (χ0) is 23.2. The molecule has 3 aromatic carbocycles. The molecule has 6 nitrogen and oxygen atoms in total. The Bertz CT molecular complexity index is 1350. The van der Waals surface area contributed by atoms with Crippen molar-refractivity contribution >= 4 is 21.5 Å². The first-order valence-electron chi connectivity index (χ1n) is 11.1. The molecule has 0 spiro atoms. The number of rotatable bonds is 2. The van der Waals surface area contributed by atoms with Gasteiger partial charge in [0.2, 0.25) is 10.0 Å². The zero-order valence-electron chi connectivity index (χ0n) is 19.0. The van der Waals surface area contributed by atoms with E-state index in [2.05, 4.69) is 11.0 Å². The van der Waals surface area contributed by atoms with E-state index >= 15 is 0 Å². The lowest BCUT2D eigenvalue weighted by atomic mass is 10.1. The van der Waals surface area contributed by atoms with E-state index < -0.39 is 10.0 Å². The minimum atomic E-state index is -3.58. The molecule has 33 heavy (non-hydrogen) atoms. The van der Waals surface area contributed by atoms with Gasteiger partial charge in [-0.2, -0.15) is 4.31 Å². The first kappa shape index (κ1) is 21.7. The van der Waals surface area contributed by atoms with Crippen molar-refractivity contribution in [1.82, 2.24) is 9.21 Å². The smallest absolute Gasteiger partial charge is 0.243 e. The van der Waals surface area contributed by atoms with Crippen LogP contribution in [-0.4, -0.2) is 49.1 Å². The van der Waals surface area contributed by atoms with Crippen molar-refractivity contribution in [3.63, 3.8) is 0 Å². The van der Waals surface area contributed by atoms with E-state index in [4.69, 9.17) is 9.73 Å². The monoisotopic (exact) mass is 461 g/mol. The summed E-state index contributed by atoms with van der Waals surface area (Å²) in [5.41, 5.74) is 3.57. The summed E-state index contributed by atoms with van der Waals surface area (Å²) in [7, 11) is -3.58. The van der Waals surface area contributed by atoms with Gasteiger partial charge in [-0.1, -0.05) is 42.0 Å². The third-order valence-electron chi connectivity index (χ3n) is 6.23. The predicted molar refractivity (Wildman–Crippen MR) is 130 cm³/mol. The van der Waals surface area contributed by atoms with Gasteiger partial charge in [0.1, 0.15) is 17.3 Å². The molecule has 3 aromatic rings. The molecule has 0 aromatic heterocycles. The van der Waals surface area contributed by atoms with Crippen molar-refractivity contribution in [3.8, 4) is 11.5 Å². The van der Waals surface area contributed by atoms with Crippen molar-refractivity contribution in [2.75, 3.05) is 19.6 Å². The topological polar surface area (TPSA) is 62.2 Å². The number of benzene rings is 3. The minimum Gasteiger partial charge on any atom is -0.454 e. The van der Waals surface area contributed by atoms with Crippen molar-refractivity contribution in [2.24, 2.45) is 4.99 Å². The number of amidine groups is 1. The second-order valence-electron chi connectivity index (χ2n) is 8.68. The maximum absolute atomic E-state index is 13.4. The molecular formula is C26H27N3O3S. The van der Waals surface area contributed by atoms with Crippen LogP contribution in [0.15, 0.2) is 76.6 Å². The number of fused-ring (bicyclic) bond motifs is 2. The molecule has 0 bridgehead atoms. The second kappa shape index (κ2) is 8.32. The number of para-hydroxylation sites is 2. The number of aryl methyl sites for hydroxylation is 2. The van der Waals surface area contributed by atoms with Crippen LogP contribution in [0.5, 0.6) is 11.5 Å².